The van der Waals surface area contributed by atoms with Crippen LogP contribution in [0.4, 0.5) is 13.2 Å². The molecule has 0 fully saturated rings. The lowest BCUT2D eigenvalue weighted by Crippen LogP contribution is -2.19. The number of hydrogen-bond donors (Lipinski definition) is 1. The quantitative estimate of drug-likeness (QED) is 0.926. The van der Waals surface area contributed by atoms with Gasteiger partial charge in [-0.15, -0.1) is 0 Å². The Labute approximate surface area is 114 Å². The minimum Gasteiger partial charge on any atom is -0.484 e. The van der Waals surface area contributed by atoms with Gasteiger partial charge in [0.1, 0.15) is 11.9 Å². The molecule has 1 atom stereocenters. The molecular formula is C15H13F3O2. The molecule has 0 spiro atoms. The van der Waals surface area contributed by atoms with Crippen molar-refractivity contribution in [3.8, 4) is 5.75 Å². The van der Waals surface area contributed by atoms with Crippen molar-refractivity contribution in [2.45, 2.75) is 12.3 Å². The van der Waals surface area contributed by atoms with Gasteiger partial charge in [0.15, 0.2) is 6.61 Å². The highest BCUT2D eigenvalue weighted by Gasteiger charge is 2.28. The number of ether oxygens (including phenoxy) is 1. The van der Waals surface area contributed by atoms with Crippen LogP contribution in [0.15, 0.2) is 54.6 Å². The van der Waals surface area contributed by atoms with E-state index in [1.807, 2.05) is 6.07 Å². The van der Waals surface area contributed by atoms with Crippen LogP contribution in [0.1, 0.15) is 17.2 Å². The summed E-state index contributed by atoms with van der Waals surface area (Å²) < 4.78 is 40.6. The molecule has 2 aromatic carbocycles. The fourth-order valence-corrected chi connectivity index (χ4v) is 1.74. The van der Waals surface area contributed by atoms with Crippen LogP contribution in [-0.4, -0.2) is 17.9 Å². The topological polar surface area (TPSA) is 29.5 Å². The van der Waals surface area contributed by atoms with E-state index in [1.165, 1.54) is 12.1 Å². The third kappa shape index (κ3) is 3.99. The largest absolute Gasteiger partial charge is 0.484 e. The summed E-state index contributed by atoms with van der Waals surface area (Å²) in [6, 6.07) is 14.9. The van der Waals surface area contributed by atoms with E-state index in [0.29, 0.717) is 5.56 Å². The van der Waals surface area contributed by atoms with Crippen molar-refractivity contribution in [1.82, 2.24) is 0 Å². The SMILES string of the molecule is OC(c1ccccc1)c1ccc(OCC(F)(F)F)cc1. The van der Waals surface area contributed by atoms with Crippen molar-refractivity contribution in [1.29, 1.82) is 0 Å². The average molecular weight is 282 g/mol. The van der Waals surface area contributed by atoms with Crippen molar-refractivity contribution in [2.75, 3.05) is 6.61 Å². The molecule has 20 heavy (non-hydrogen) atoms. The van der Waals surface area contributed by atoms with E-state index in [-0.39, 0.29) is 5.75 Å². The molecule has 0 radical (unpaired) electrons. The van der Waals surface area contributed by atoms with Crippen LogP contribution in [0.2, 0.25) is 0 Å². The number of rotatable bonds is 4. The Balaban J connectivity index is 2.05. The van der Waals surface area contributed by atoms with Gasteiger partial charge >= 0.3 is 6.18 Å². The number of aliphatic hydroxyl groups is 1. The highest BCUT2D eigenvalue weighted by molar-refractivity contribution is 5.33. The maximum Gasteiger partial charge on any atom is 0.422 e. The molecule has 0 aliphatic heterocycles. The molecule has 2 aromatic rings. The van der Waals surface area contributed by atoms with Crippen LogP contribution in [0, 0.1) is 0 Å². The Morgan fingerprint density at radius 1 is 0.900 bits per heavy atom. The summed E-state index contributed by atoms with van der Waals surface area (Å²) in [4.78, 5) is 0. The van der Waals surface area contributed by atoms with Crippen LogP contribution in [0.3, 0.4) is 0 Å². The molecule has 1 unspecified atom stereocenters. The molecule has 0 heterocycles. The lowest BCUT2D eigenvalue weighted by Gasteiger charge is -2.13. The van der Waals surface area contributed by atoms with E-state index in [4.69, 9.17) is 0 Å². The van der Waals surface area contributed by atoms with E-state index in [0.717, 1.165) is 5.56 Å². The fraction of sp³-hybridized carbons (Fsp3) is 0.200. The van der Waals surface area contributed by atoms with Crippen LogP contribution < -0.4 is 4.74 Å². The van der Waals surface area contributed by atoms with Crippen molar-refractivity contribution in [3.63, 3.8) is 0 Å². The molecule has 2 rings (SSSR count). The number of benzene rings is 2. The minimum absolute atomic E-state index is 0.117. The van der Waals surface area contributed by atoms with Crippen LogP contribution >= 0.6 is 0 Å². The summed E-state index contributed by atoms with van der Waals surface area (Å²) in [5.74, 6) is 0.117. The summed E-state index contributed by atoms with van der Waals surface area (Å²) in [5.41, 5.74) is 1.31. The molecule has 0 aliphatic rings. The summed E-state index contributed by atoms with van der Waals surface area (Å²) in [5, 5.41) is 10.1. The number of aliphatic hydroxyl groups excluding tert-OH is 1. The van der Waals surface area contributed by atoms with Crippen molar-refractivity contribution in [2.24, 2.45) is 0 Å². The minimum atomic E-state index is -4.36. The highest BCUT2D eigenvalue weighted by atomic mass is 19.4. The second-order valence-corrected chi connectivity index (χ2v) is 4.29. The Hall–Kier alpha value is -2.01. The molecule has 106 valence electrons. The van der Waals surface area contributed by atoms with Crippen molar-refractivity contribution >= 4 is 0 Å². The molecule has 0 amide bonds. The first-order valence-corrected chi connectivity index (χ1v) is 5.98. The predicted molar refractivity (Wildman–Crippen MR) is 68.5 cm³/mol. The maximum atomic E-state index is 12.0. The Morgan fingerprint density at radius 3 is 2.00 bits per heavy atom. The van der Waals surface area contributed by atoms with Gasteiger partial charge in [0.25, 0.3) is 0 Å². The van der Waals surface area contributed by atoms with E-state index >= 15 is 0 Å². The van der Waals surface area contributed by atoms with Gasteiger partial charge in [-0.05, 0) is 23.3 Å². The number of halogens is 3. The summed E-state index contributed by atoms with van der Waals surface area (Å²) >= 11 is 0. The zero-order chi connectivity index (χ0) is 14.6. The second-order valence-electron chi connectivity index (χ2n) is 4.29. The highest BCUT2D eigenvalue weighted by Crippen LogP contribution is 2.24. The molecule has 2 nitrogen and oxygen atoms in total. The zero-order valence-corrected chi connectivity index (χ0v) is 10.5. The van der Waals surface area contributed by atoms with Crippen LogP contribution in [0.25, 0.3) is 0 Å². The molecular weight excluding hydrogens is 269 g/mol. The van der Waals surface area contributed by atoms with Gasteiger partial charge in [-0.25, -0.2) is 0 Å². The standard InChI is InChI=1S/C15H13F3O2/c16-15(17,18)10-20-13-8-6-12(7-9-13)14(19)11-4-2-1-3-5-11/h1-9,14,19H,10H2. The monoisotopic (exact) mass is 282 g/mol. The van der Waals surface area contributed by atoms with Crippen LogP contribution in [-0.2, 0) is 0 Å². The Bertz CT molecular complexity index is 535. The first-order chi connectivity index (χ1) is 9.46. The smallest absolute Gasteiger partial charge is 0.422 e. The molecule has 0 saturated carbocycles. The first-order valence-electron chi connectivity index (χ1n) is 5.98. The normalized spacial score (nSPS) is 13.0. The Morgan fingerprint density at radius 2 is 1.45 bits per heavy atom. The lowest BCUT2D eigenvalue weighted by atomic mass is 10.0. The van der Waals surface area contributed by atoms with E-state index < -0.39 is 18.9 Å². The summed E-state index contributed by atoms with van der Waals surface area (Å²) in [6.07, 6.45) is -5.17. The Kier molecular flexibility index (Phi) is 4.29. The zero-order valence-electron chi connectivity index (χ0n) is 10.5. The van der Waals surface area contributed by atoms with Gasteiger partial charge in [0.2, 0.25) is 0 Å². The van der Waals surface area contributed by atoms with Gasteiger partial charge in [-0.3, -0.25) is 0 Å². The average Bonchev–Trinajstić information content (AvgIpc) is 2.45. The molecule has 0 aromatic heterocycles. The van der Waals surface area contributed by atoms with Gasteiger partial charge in [-0.2, -0.15) is 13.2 Å². The molecule has 0 saturated heterocycles. The van der Waals surface area contributed by atoms with Crippen LogP contribution in [0.5, 0.6) is 5.75 Å². The number of alkyl halides is 3. The van der Waals surface area contributed by atoms with Gasteiger partial charge in [0.05, 0.1) is 0 Å². The lowest BCUT2D eigenvalue weighted by molar-refractivity contribution is -0.153. The molecule has 0 bridgehead atoms. The maximum absolute atomic E-state index is 12.0. The molecule has 1 N–H and O–H groups in total. The van der Waals surface area contributed by atoms with Crippen molar-refractivity contribution in [3.05, 3.63) is 65.7 Å². The molecule has 5 heteroatoms. The molecule has 0 aliphatic carbocycles. The van der Waals surface area contributed by atoms with Gasteiger partial charge in [-0.1, -0.05) is 42.5 Å². The third-order valence-electron chi connectivity index (χ3n) is 2.71. The van der Waals surface area contributed by atoms with E-state index in [2.05, 4.69) is 4.74 Å². The van der Waals surface area contributed by atoms with Gasteiger partial charge in [0, 0.05) is 0 Å². The van der Waals surface area contributed by atoms with Gasteiger partial charge < -0.3 is 9.84 Å². The first kappa shape index (κ1) is 14.4. The third-order valence-corrected chi connectivity index (χ3v) is 2.71. The van der Waals surface area contributed by atoms with Crippen molar-refractivity contribution < 1.29 is 23.0 Å². The second kappa shape index (κ2) is 5.96. The van der Waals surface area contributed by atoms with E-state index in [1.54, 1.807) is 36.4 Å². The fourth-order valence-electron chi connectivity index (χ4n) is 1.74. The predicted octanol–water partition coefficient (Wildman–Crippen LogP) is 3.71. The summed E-state index contributed by atoms with van der Waals surface area (Å²) in [6.45, 7) is -1.33. The van der Waals surface area contributed by atoms with E-state index in [9.17, 15) is 18.3 Å². The summed E-state index contributed by atoms with van der Waals surface area (Å²) in [7, 11) is 0. The number of hydrogen-bond acceptors (Lipinski definition) is 2.